The fourth-order valence-corrected chi connectivity index (χ4v) is 4.67. The molecule has 0 fully saturated rings. The van der Waals surface area contributed by atoms with Gasteiger partial charge in [-0.2, -0.15) is 0 Å². The van der Waals surface area contributed by atoms with Gasteiger partial charge in [-0.1, -0.05) is 37.3 Å². The highest BCUT2D eigenvalue weighted by molar-refractivity contribution is 7.89. The summed E-state index contributed by atoms with van der Waals surface area (Å²) in [5.41, 5.74) is 0.839. The van der Waals surface area contributed by atoms with Gasteiger partial charge in [-0.05, 0) is 49.6 Å². The molecule has 0 aromatic heterocycles. The number of methoxy groups -OCH3 is 1. The van der Waals surface area contributed by atoms with Crippen LogP contribution in [0.1, 0.15) is 38.7 Å². The Morgan fingerprint density at radius 3 is 2.44 bits per heavy atom. The lowest BCUT2D eigenvalue weighted by molar-refractivity contribution is -0.140. The second kappa shape index (κ2) is 13.1. The van der Waals surface area contributed by atoms with Crippen molar-refractivity contribution in [2.45, 2.75) is 50.6 Å². The van der Waals surface area contributed by atoms with Gasteiger partial charge in [-0.25, -0.2) is 12.7 Å². The third-order valence-electron chi connectivity index (χ3n) is 5.52. The lowest BCUT2D eigenvalue weighted by Gasteiger charge is -2.29. The van der Waals surface area contributed by atoms with Crippen LogP contribution in [0.15, 0.2) is 59.5 Å². The molecule has 0 radical (unpaired) electrons. The van der Waals surface area contributed by atoms with E-state index in [0.29, 0.717) is 18.7 Å². The van der Waals surface area contributed by atoms with Gasteiger partial charge in [0, 0.05) is 33.1 Å². The number of nitrogens with zero attached hydrogens (tertiary/aromatic N) is 2. The molecule has 1 atom stereocenters. The van der Waals surface area contributed by atoms with Gasteiger partial charge in [0.05, 0.1) is 12.0 Å². The topological polar surface area (TPSA) is 96.0 Å². The Bertz CT molecular complexity index is 1040. The van der Waals surface area contributed by atoms with Crippen molar-refractivity contribution < 1.29 is 22.7 Å². The second-order valence-electron chi connectivity index (χ2n) is 8.08. The van der Waals surface area contributed by atoms with E-state index < -0.39 is 16.1 Å². The molecule has 1 unspecified atom stereocenters. The van der Waals surface area contributed by atoms with Gasteiger partial charge in [-0.15, -0.1) is 0 Å². The Balaban J connectivity index is 2.08. The Morgan fingerprint density at radius 2 is 1.79 bits per heavy atom. The Morgan fingerprint density at radius 1 is 1.09 bits per heavy atom. The van der Waals surface area contributed by atoms with E-state index in [0.717, 1.165) is 12.0 Å². The van der Waals surface area contributed by atoms with Crippen molar-refractivity contribution in [2.75, 3.05) is 27.2 Å². The molecule has 2 aromatic carbocycles. The number of rotatable bonds is 13. The molecule has 0 spiro atoms. The maximum Gasteiger partial charge on any atom is 0.242 e. The maximum atomic E-state index is 13.2. The van der Waals surface area contributed by atoms with Crippen LogP contribution in [0.3, 0.4) is 0 Å². The van der Waals surface area contributed by atoms with Crippen LogP contribution in [-0.4, -0.2) is 62.7 Å². The van der Waals surface area contributed by atoms with E-state index in [1.54, 1.807) is 44.4 Å². The summed E-state index contributed by atoms with van der Waals surface area (Å²) in [5.74, 6) is 0.232. The average molecular weight is 490 g/mol. The molecule has 0 aliphatic carbocycles. The third-order valence-corrected chi connectivity index (χ3v) is 7.39. The second-order valence-corrected chi connectivity index (χ2v) is 10.1. The van der Waals surface area contributed by atoms with Crippen molar-refractivity contribution in [3.63, 3.8) is 0 Å². The molecule has 0 saturated carbocycles. The number of hydrogen-bond acceptors (Lipinski definition) is 5. The van der Waals surface area contributed by atoms with Crippen LogP contribution in [0.4, 0.5) is 0 Å². The van der Waals surface area contributed by atoms with Crippen LogP contribution in [-0.2, 0) is 26.2 Å². The van der Waals surface area contributed by atoms with E-state index >= 15 is 0 Å². The zero-order valence-electron chi connectivity index (χ0n) is 20.4. The average Bonchev–Trinajstić information content (AvgIpc) is 2.85. The van der Waals surface area contributed by atoms with Gasteiger partial charge in [0.25, 0.3) is 0 Å². The Hall–Kier alpha value is -2.91. The van der Waals surface area contributed by atoms with Gasteiger partial charge >= 0.3 is 0 Å². The smallest absolute Gasteiger partial charge is 0.242 e. The van der Waals surface area contributed by atoms with E-state index in [1.807, 2.05) is 31.2 Å². The van der Waals surface area contributed by atoms with Crippen molar-refractivity contribution in [3.8, 4) is 5.75 Å². The number of amides is 2. The number of hydrogen-bond donors (Lipinski definition) is 1. The molecule has 8 nitrogen and oxygen atoms in total. The van der Waals surface area contributed by atoms with Crippen LogP contribution in [0.5, 0.6) is 5.75 Å². The molecule has 0 bridgehead atoms. The maximum absolute atomic E-state index is 13.2. The summed E-state index contributed by atoms with van der Waals surface area (Å²) < 4.78 is 31.9. The summed E-state index contributed by atoms with van der Waals surface area (Å²) in [6.07, 6.45) is 1.24. The molecule has 1 N–H and O–H groups in total. The number of nitrogens with one attached hydrogen (secondary N) is 1. The summed E-state index contributed by atoms with van der Waals surface area (Å²) in [7, 11) is -0.549. The molecule has 2 aromatic rings. The molecule has 186 valence electrons. The van der Waals surface area contributed by atoms with Crippen LogP contribution in [0.2, 0.25) is 0 Å². The first-order valence-corrected chi connectivity index (χ1v) is 12.9. The minimum Gasteiger partial charge on any atom is -0.497 e. The number of sulfonamides is 1. The summed E-state index contributed by atoms with van der Waals surface area (Å²) in [6, 6.07) is 14.9. The lowest BCUT2D eigenvalue weighted by atomic mass is 10.1. The number of ether oxygens (including phenoxy) is 1. The Labute approximate surface area is 202 Å². The molecule has 0 saturated heterocycles. The van der Waals surface area contributed by atoms with Crippen molar-refractivity contribution in [3.05, 3.63) is 60.2 Å². The van der Waals surface area contributed by atoms with E-state index in [-0.39, 0.29) is 36.2 Å². The predicted molar refractivity (Wildman–Crippen MR) is 132 cm³/mol. The monoisotopic (exact) mass is 489 g/mol. The first kappa shape index (κ1) is 27.3. The normalized spacial score (nSPS) is 12.3. The number of carbonyl (C=O) groups excluding carboxylic acids is 2. The van der Waals surface area contributed by atoms with Crippen molar-refractivity contribution in [1.29, 1.82) is 0 Å². The molecular weight excluding hydrogens is 454 g/mol. The van der Waals surface area contributed by atoms with E-state index in [2.05, 4.69) is 5.32 Å². The molecule has 2 rings (SSSR count). The van der Waals surface area contributed by atoms with Gasteiger partial charge in [0.15, 0.2) is 0 Å². The van der Waals surface area contributed by atoms with E-state index in [4.69, 9.17) is 4.74 Å². The third kappa shape index (κ3) is 7.56. The highest BCUT2D eigenvalue weighted by Crippen LogP contribution is 2.18. The number of carbonyl (C=O) groups is 2. The van der Waals surface area contributed by atoms with Crippen molar-refractivity contribution >= 4 is 21.8 Å². The van der Waals surface area contributed by atoms with Gasteiger partial charge in [-0.3, -0.25) is 9.59 Å². The minimum atomic E-state index is -3.62. The SMILES string of the molecule is CCCNC(=O)C(C)N(Cc1cccc(OC)c1)C(=O)CCCN(C)S(=O)(=O)c1ccccc1. The minimum absolute atomic E-state index is 0.115. The van der Waals surface area contributed by atoms with Crippen LogP contribution in [0.25, 0.3) is 0 Å². The van der Waals surface area contributed by atoms with E-state index in [1.165, 1.54) is 16.3 Å². The molecule has 2 amide bonds. The molecule has 0 heterocycles. The van der Waals surface area contributed by atoms with Crippen molar-refractivity contribution in [2.24, 2.45) is 0 Å². The molecule has 0 aliphatic rings. The Kier molecular flexibility index (Phi) is 10.5. The number of benzene rings is 2. The summed E-state index contributed by atoms with van der Waals surface area (Å²) in [4.78, 5) is 27.5. The summed E-state index contributed by atoms with van der Waals surface area (Å²) in [6.45, 7) is 4.63. The molecule has 0 aliphatic heterocycles. The zero-order valence-corrected chi connectivity index (χ0v) is 21.2. The molecular formula is C25H35N3O5S. The standard InChI is InChI=1S/C25H35N3O5S/c1-5-16-26-25(30)20(2)28(19-21-11-9-12-22(18-21)33-4)24(29)15-10-17-27(3)34(31,32)23-13-7-6-8-14-23/h6-9,11-14,18,20H,5,10,15-17,19H2,1-4H3,(H,26,30). The lowest BCUT2D eigenvalue weighted by Crippen LogP contribution is -2.47. The van der Waals surface area contributed by atoms with Gasteiger partial charge in [0.1, 0.15) is 11.8 Å². The predicted octanol–water partition coefficient (Wildman–Crippen LogP) is 3.04. The van der Waals surface area contributed by atoms with Crippen LogP contribution < -0.4 is 10.1 Å². The first-order valence-electron chi connectivity index (χ1n) is 11.4. The largest absolute Gasteiger partial charge is 0.497 e. The van der Waals surface area contributed by atoms with Crippen LogP contribution in [0, 0.1) is 0 Å². The first-order chi connectivity index (χ1) is 16.2. The molecule has 34 heavy (non-hydrogen) atoms. The zero-order chi connectivity index (χ0) is 25.1. The highest BCUT2D eigenvalue weighted by atomic mass is 32.2. The fourth-order valence-electron chi connectivity index (χ4n) is 3.44. The van der Waals surface area contributed by atoms with Gasteiger partial charge in [0.2, 0.25) is 21.8 Å². The highest BCUT2D eigenvalue weighted by Gasteiger charge is 2.26. The van der Waals surface area contributed by atoms with Crippen molar-refractivity contribution in [1.82, 2.24) is 14.5 Å². The molecule has 9 heteroatoms. The quantitative estimate of drug-likeness (QED) is 0.467. The summed E-state index contributed by atoms with van der Waals surface area (Å²) in [5, 5.41) is 2.84. The van der Waals surface area contributed by atoms with E-state index in [9.17, 15) is 18.0 Å². The van der Waals surface area contributed by atoms with Crippen LogP contribution >= 0.6 is 0 Å². The summed E-state index contributed by atoms with van der Waals surface area (Å²) >= 11 is 0. The van der Waals surface area contributed by atoms with Gasteiger partial charge < -0.3 is 15.0 Å². The fraction of sp³-hybridized carbons (Fsp3) is 0.440.